The van der Waals surface area contributed by atoms with Gasteiger partial charge in [0.1, 0.15) is 0 Å². The lowest BCUT2D eigenvalue weighted by Gasteiger charge is -2.13. The average Bonchev–Trinajstić information content (AvgIpc) is 2.33. The fourth-order valence-electron chi connectivity index (χ4n) is 1.85. The second-order valence-corrected chi connectivity index (χ2v) is 4.75. The van der Waals surface area contributed by atoms with E-state index in [1.807, 2.05) is 0 Å². The van der Waals surface area contributed by atoms with Crippen LogP contribution < -0.4 is 5.32 Å². The first-order valence-corrected chi connectivity index (χ1v) is 7.23. The zero-order chi connectivity index (χ0) is 12.8. The Bertz CT molecular complexity index is 142. The third-order valence-electron chi connectivity index (χ3n) is 2.93. The van der Waals surface area contributed by atoms with Gasteiger partial charge in [0.15, 0.2) is 0 Å². The Hall–Kier alpha value is -0.120. The molecular weight excluding hydrogens is 214 g/mol. The summed E-state index contributed by atoms with van der Waals surface area (Å²) in [6.45, 7) is 6.87. The van der Waals surface area contributed by atoms with E-state index in [4.69, 9.17) is 9.84 Å². The first-order chi connectivity index (χ1) is 8.31. The highest BCUT2D eigenvalue weighted by Gasteiger charge is 2.00. The number of rotatable bonds is 13. The van der Waals surface area contributed by atoms with Crippen molar-refractivity contribution in [2.24, 2.45) is 0 Å². The number of aliphatic hydroxyl groups is 1. The Balaban J connectivity index is 3.09. The summed E-state index contributed by atoms with van der Waals surface area (Å²) in [7, 11) is 0. The van der Waals surface area contributed by atoms with Gasteiger partial charge < -0.3 is 15.2 Å². The van der Waals surface area contributed by atoms with Gasteiger partial charge in [0.25, 0.3) is 0 Å². The lowest BCUT2D eigenvalue weighted by atomic mass is 10.1. The Morgan fingerprint density at radius 1 is 1.06 bits per heavy atom. The molecule has 0 aromatic carbocycles. The fraction of sp³-hybridized carbons (Fsp3) is 1.00. The number of hydrogen-bond donors (Lipinski definition) is 2. The molecule has 0 radical (unpaired) electrons. The second kappa shape index (κ2) is 13.9. The highest BCUT2D eigenvalue weighted by Crippen LogP contribution is 2.06. The summed E-state index contributed by atoms with van der Waals surface area (Å²) in [4.78, 5) is 0. The maximum Gasteiger partial charge on any atom is 0.0697 e. The molecule has 0 aromatic heterocycles. The monoisotopic (exact) mass is 245 g/mol. The summed E-state index contributed by atoms with van der Waals surface area (Å²) in [6, 6.07) is 0.620. The molecule has 0 amide bonds. The van der Waals surface area contributed by atoms with Crippen LogP contribution in [0.2, 0.25) is 0 Å². The summed E-state index contributed by atoms with van der Waals surface area (Å²) in [6.07, 6.45) is 9.11. The molecular formula is C14H31NO2. The Kier molecular flexibility index (Phi) is 13.8. The van der Waals surface area contributed by atoms with E-state index in [0.29, 0.717) is 12.6 Å². The van der Waals surface area contributed by atoms with Gasteiger partial charge in [-0.2, -0.15) is 0 Å². The van der Waals surface area contributed by atoms with Crippen molar-refractivity contribution in [3.8, 4) is 0 Å². The van der Waals surface area contributed by atoms with Gasteiger partial charge in [0.2, 0.25) is 0 Å². The second-order valence-electron chi connectivity index (χ2n) is 4.75. The van der Waals surface area contributed by atoms with Gasteiger partial charge in [0.05, 0.1) is 13.2 Å². The fourth-order valence-corrected chi connectivity index (χ4v) is 1.85. The molecule has 17 heavy (non-hydrogen) atoms. The molecule has 2 N–H and O–H groups in total. The third-order valence-corrected chi connectivity index (χ3v) is 2.93. The van der Waals surface area contributed by atoms with Crippen molar-refractivity contribution >= 4 is 0 Å². The first kappa shape index (κ1) is 16.9. The third kappa shape index (κ3) is 13.8. The molecule has 0 aliphatic rings. The quantitative estimate of drug-likeness (QED) is 0.490. The van der Waals surface area contributed by atoms with E-state index in [-0.39, 0.29) is 6.61 Å². The highest BCUT2D eigenvalue weighted by molar-refractivity contribution is 4.60. The first-order valence-electron chi connectivity index (χ1n) is 7.23. The standard InChI is InChI=1S/C14H31NO2/c1-3-4-5-6-7-9-14(2)15-10-8-12-17-13-11-16/h14-16H,3-13H2,1-2H3. The van der Waals surface area contributed by atoms with Crippen molar-refractivity contribution in [2.45, 2.75) is 64.8 Å². The summed E-state index contributed by atoms with van der Waals surface area (Å²) in [5.74, 6) is 0. The van der Waals surface area contributed by atoms with Crippen LogP contribution in [0.15, 0.2) is 0 Å². The van der Waals surface area contributed by atoms with Gasteiger partial charge >= 0.3 is 0 Å². The van der Waals surface area contributed by atoms with Crippen LogP contribution in [0.1, 0.15) is 58.8 Å². The summed E-state index contributed by atoms with van der Waals surface area (Å²) < 4.78 is 5.20. The zero-order valence-corrected chi connectivity index (χ0v) is 11.7. The van der Waals surface area contributed by atoms with Crippen LogP contribution in [-0.2, 0) is 4.74 Å². The van der Waals surface area contributed by atoms with Crippen LogP contribution in [0.5, 0.6) is 0 Å². The van der Waals surface area contributed by atoms with E-state index in [1.54, 1.807) is 0 Å². The molecule has 0 saturated heterocycles. The van der Waals surface area contributed by atoms with Gasteiger partial charge in [-0.25, -0.2) is 0 Å². The van der Waals surface area contributed by atoms with Crippen molar-refractivity contribution in [1.29, 1.82) is 0 Å². The van der Waals surface area contributed by atoms with Gasteiger partial charge in [-0.3, -0.25) is 0 Å². The smallest absolute Gasteiger partial charge is 0.0697 e. The molecule has 0 aliphatic carbocycles. The van der Waals surface area contributed by atoms with E-state index in [0.717, 1.165) is 19.6 Å². The van der Waals surface area contributed by atoms with E-state index in [1.165, 1.54) is 38.5 Å². The van der Waals surface area contributed by atoms with Crippen LogP contribution in [0.25, 0.3) is 0 Å². The summed E-state index contributed by atoms with van der Waals surface area (Å²) in [5.41, 5.74) is 0. The Labute approximate surface area is 107 Å². The Morgan fingerprint density at radius 2 is 1.82 bits per heavy atom. The van der Waals surface area contributed by atoms with Crippen molar-refractivity contribution in [1.82, 2.24) is 5.32 Å². The predicted octanol–water partition coefficient (Wildman–Crippen LogP) is 2.72. The van der Waals surface area contributed by atoms with Crippen molar-refractivity contribution < 1.29 is 9.84 Å². The van der Waals surface area contributed by atoms with Gasteiger partial charge in [-0.1, -0.05) is 39.0 Å². The van der Waals surface area contributed by atoms with Crippen molar-refractivity contribution in [3.63, 3.8) is 0 Å². The minimum atomic E-state index is 0.127. The molecule has 0 spiro atoms. The summed E-state index contributed by atoms with van der Waals surface area (Å²) >= 11 is 0. The van der Waals surface area contributed by atoms with Crippen LogP contribution >= 0.6 is 0 Å². The minimum Gasteiger partial charge on any atom is -0.394 e. The van der Waals surface area contributed by atoms with Crippen molar-refractivity contribution in [2.75, 3.05) is 26.4 Å². The Morgan fingerprint density at radius 3 is 2.53 bits per heavy atom. The molecule has 0 saturated carbocycles. The number of unbranched alkanes of at least 4 members (excludes halogenated alkanes) is 4. The summed E-state index contributed by atoms with van der Waals surface area (Å²) in [5, 5.41) is 12.0. The largest absolute Gasteiger partial charge is 0.394 e. The average molecular weight is 245 g/mol. The lowest BCUT2D eigenvalue weighted by molar-refractivity contribution is 0.0904. The topological polar surface area (TPSA) is 41.5 Å². The van der Waals surface area contributed by atoms with E-state index in [9.17, 15) is 0 Å². The van der Waals surface area contributed by atoms with Crippen molar-refractivity contribution in [3.05, 3.63) is 0 Å². The van der Waals surface area contributed by atoms with Crippen LogP contribution in [0.4, 0.5) is 0 Å². The zero-order valence-electron chi connectivity index (χ0n) is 11.7. The maximum absolute atomic E-state index is 8.53. The normalized spacial score (nSPS) is 12.9. The maximum atomic E-state index is 8.53. The number of hydrogen-bond acceptors (Lipinski definition) is 3. The van der Waals surface area contributed by atoms with E-state index >= 15 is 0 Å². The molecule has 0 aromatic rings. The van der Waals surface area contributed by atoms with Crippen LogP contribution in [0, 0.1) is 0 Å². The molecule has 0 rings (SSSR count). The van der Waals surface area contributed by atoms with E-state index in [2.05, 4.69) is 19.2 Å². The van der Waals surface area contributed by atoms with Gasteiger partial charge in [0, 0.05) is 12.6 Å². The molecule has 104 valence electrons. The number of nitrogens with one attached hydrogen (secondary N) is 1. The number of ether oxygens (including phenoxy) is 1. The van der Waals surface area contributed by atoms with Crippen LogP contribution in [-0.4, -0.2) is 37.5 Å². The molecule has 3 nitrogen and oxygen atoms in total. The SMILES string of the molecule is CCCCCCCC(C)NCCCOCCO. The van der Waals surface area contributed by atoms with Gasteiger partial charge in [-0.15, -0.1) is 0 Å². The van der Waals surface area contributed by atoms with Crippen LogP contribution in [0.3, 0.4) is 0 Å². The molecule has 0 heterocycles. The van der Waals surface area contributed by atoms with Gasteiger partial charge in [-0.05, 0) is 26.3 Å². The minimum absolute atomic E-state index is 0.127. The molecule has 0 aliphatic heterocycles. The molecule has 0 bridgehead atoms. The predicted molar refractivity (Wildman–Crippen MR) is 73.4 cm³/mol. The highest BCUT2D eigenvalue weighted by atomic mass is 16.5. The molecule has 1 atom stereocenters. The lowest BCUT2D eigenvalue weighted by Crippen LogP contribution is -2.27. The molecule has 0 fully saturated rings. The molecule has 3 heteroatoms. The number of aliphatic hydroxyl groups excluding tert-OH is 1. The molecule has 1 unspecified atom stereocenters. The van der Waals surface area contributed by atoms with E-state index < -0.39 is 0 Å².